The third-order valence-corrected chi connectivity index (χ3v) is 6.30. The highest BCUT2D eigenvalue weighted by molar-refractivity contribution is 5.81. The molecular weight excluding hydrogens is 384 g/mol. The van der Waals surface area contributed by atoms with E-state index in [0.29, 0.717) is 0 Å². The molecule has 2 aromatic heterocycles. The normalized spacial score (nSPS) is 19.7. The Kier molecular flexibility index (Phi) is 5.10. The van der Waals surface area contributed by atoms with E-state index in [0.717, 1.165) is 71.9 Å². The van der Waals surface area contributed by atoms with E-state index in [1.165, 1.54) is 11.8 Å². The summed E-state index contributed by atoms with van der Waals surface area (Å²) in [7, 11) is 0. The average Bonchev–Trinajstić information content (AvgIpc) is 3.44. The van der Waals surface area contributed by atoms with Crippen LogP contribution in [0.1, 0.15) is 49.1 Å². The van der Waals surface area contributed by atoms with Crippen molar-refractivity contribution < 1.29 is 5.11 Å². The molecule has 1 aromatic carbocycles. The van der Waals surface area contributed by atoms with Gasteiger partial charge in [-0.25, -0.2) is 9.50 Å². The number of aromatic nitrogens is 3. The lowest BCUT2D eigenvalue weighted by Gasteiger charge is -2.22. The molecule has 158 valence electrons. The standard InChI is InChI=1S/C26H28N4O/c1-3-22-25(20-13-11-18(2)12-14-20)26-27-24(29-15-7-10-21(29)17-31)16-23(30(26)28-22)19-8-5-4-6-9-19/h4-6,8,11-14,16-17,19,31H,3,7,9-10,15H2,1-2H3/b21-17+. The molecule has 1 aliphatic carbocycles. The lowest BCUT2D eigenvalue weighted by Crippen LogP contribution is -2.19. The molecule has 0 saturated carbocycles. The van der Waals surface area contributed by atoms with Gasteiger partial charge in [-0.1, -0.05) is 61.1 Å². The van der Waals surface area contributed by atoms with Crippen LogP contribution in [0.2, 0.25) is 0 Å². The number of anilines is 1. The second-order valence-electron chi connectivity index (χ2n) is 8.35. The molecule has 1 atom stereocenters. The fraction of sp³-hybridized carbons (Fsp3) is 0.308. The molecule has 31 heavy (non-hydrogen) atoms. The van der Waals surface area contributed by atoms with Crippen LogP contribution in [0, 0.1) is 6.92 Å². The van der Waals surface area contributed by atoms with Crippen LogP contribution in [0.4, 0.5) is 5.82 Å². The number of aliphatic hydroxyl groups excluding tert-OH is 1. The van der Waals surface area contributed by atoms with E-state index >= 15 is 0 Å². The number of rotatable bonds is 4. The minimum absolute atomic E-state index is 0.244. The molecule has 5 heteroatoms. The summed E-state index contributed by atoms with van der Waals surface area (Å²) in [5, 5.41) is 14.8. The molecular formula is C26H28N4O. The largest absolute Gasteiger partial charge is 0.514 e. The quantitative estimate of drug-likeness (QED) is 0.545. The third-order valence-electron chi connectivity index (χ3n) is 6.30. The van der Waals surface area contributed by atoms with E-state index in [1.54, 1.807) is 0 Å². The van der Waals surface area contributed by atoms with E-state index in [2.05, 4.69) is 73.4 Å². The molecule has 1 unspecified atom stereocenters. The van der Waals surface area contributed by atoms with Crippen LogP contribution in [0.15, 0.2) is 66.6 Å². The summed E-state index contributed by atoms with van der Waals surface area (Å²) in [6.07, 6.45) is 13.6. The van der Waals surface area contributed by atoms with Crippen LogP contribution >= 0.6 is 0 Å². The van der Waals surface area contributed by atoms with Crippen molar-refractivity contribution in [3.8, 4) is 11.1 Å². The number of nitrogens with zero attached hydrogens (tertiary/aromatic N) is 4. The summed E-state index contributed by atoms with van der Waals surface area (Å²) < 4.78 is 2.05. The molecule has 1 fully saturated rings. The molecule has 0 bridgehead atoms. The SMILES string of the molecule is CCc1nn2c(C3C=CC=CC3)cc(N3CCC/C3=C\O)nc2c1-c1ccc(C)cc1. The number of aryl methyl sites for hydroxylation is 2. The van der Waals surface area contributed by atoms with E-state index in [4.69, 9.17) is 10.1 Å². The van der Waals surface area contributed by atoms with Gasteiger partial charge in [0.15, 0.2) is 5.65 Å². The highest BCUT2D eigenvalue weighted by Crippen LogP contribution is 2.36. The van der Waals surface area contributed by atoms with Gasteiger partial charge in [0.25, 0.3) is 0 Å². The van der Waals surface area contributed by atoms with Gasteiger partial charge in [0.05, 0.1) is 23.3 Å². The minimum Gasteiger partial charge on any atom is -0.514 e. The summed E-state index contributed by atoms with van der Waals surface area (Å²) in [5.74, 6) is 1.13. The fourth-order valence-corrected chi connectivity index (χ4v) is 4.63. The Morgan fingerprint density at radius 1 is 1.19 bits per heavy atom. The van der Waals surface area contributed by atoms with Gasteiger partial charge in [-0.05, 0) is 38.2 Å². The van der Waals surface area contributed by atoms with Crippen molar-refractivity contribution in [2.24, 2.45) is 0 Å². The highest BCUT2D eigenvalue weighted by atomic mass is 16.2. The first-order valence-corrected chi connectivity index (χ1v) is 11.1. The summed E-state index contributed by atoms with van der Waals surface area (Å²) in [6, 6.07) is 10.8. The van der Waals surface area contributed by atoms with Crippen molar-refractivity contribution in [1.82, 2.24) is 14.6 Å². The number of fused-ring (bicyclic) bond motifs is 1. The zero-order valence-electron chi connectivity index (χ0n) is 18.1. The van der Waals surface area contributed by atoms with Gasteiger partial charge in [-0.3, -0.25) is 0 Å². The van der Waals surface area contributed by atoms with Gasteiger partial charge in [-0.2, -0.15) is 5.10 Å². The average molecular weight is 413 g/mol. The smallest absolute Gasteiger partial charge is 0.165 e. The van der Waals surface area contributed by atoms with Crippen molar-refractivity contribution in [3.05, 3.63) is 83.5 Å². The Labute approximate surface area is 183 Å². The number of allylic oxidation sites excluding steroid dienone is 5. The second kappa shape index (κ2) is 8.06. The van der Waals surface area contributed by atoms with Gasteiger partial charge in [0.1, 0.15) is 5.82 Å². The number of hydrogen-bond acceptors (Lipinski definition) is 4. The van der Waals surface area contributed by atoms with Crippen molar-refractivity contribution in [3.63, 3.8) is 0 Å². The zero-order chi connectivity index (χ0) is 21.4. The number of hydrogen-bond donors (Lipinski definition) is 1. The van der Waals surface area contributed by atoms with Crippen LogP contribution in [0.25, 0.3) is 16.8 Å². The maximum atomic E-state index is 9.76. The van der Waals surface area contributed by atoms with Crippen molar-refractivity contribution in [2.75, 3.05) is 11.4 Å². The first-order chi connectivity index (χ1) is 15.2. The van der Waals surface area contributed by atoms with Gasteiger partial charge in [0, 0.05) is 24.1 Å². The molecule has 0 spiro atoms. The van der Waals surface area contributed by atoms with Crippen LogP contribution in [-0.2, 0) is 6.42 Å². The Morgan fingerprint density at radius 2 is 2.03 bits per heavy atom. The topological polar surface area (TPSA) is 53.7 Å². The van der Waals surface area contributed by atoms with Crippen molar-refractivity contribution in [1.29, 1.82) is 0 Å². The molecule has 0 radical (unpaired) electrons. The molecule has 0 amide bonds. The van der Waals surface area contributed by atoms with Crippen molar-refractivity contribution in [2.45, 2.75) is 45.4 Å². The molecule has 1 aliphatic heterocycles. The predicted molar refractivity (Wildman–Crippen MR) is 125 cm³/mol. The van der Waals surface area contributed by atoms with E-state index in [-0.39, 0.29) is 5.92 Å². The highest BCUT2D eigenvalue weighted by Gasteiger charge is 2.26. The number of aliphatic hydroxyl groups is 1. The first-order valence-electron chi connectivity index (χ1n) is 11.1. The molecule has 2 aliphatic rings. The minimum atomic E-state index is 0.244. The summed E-state index contributed by atoms with van der Waals surface area (Å²) in [6.45, 7) is 5.12. The van der Waals surface area contributed by atoms with Gasteiger partial charge in [0.2, 0.25) is 0 Å². The second-order valence-corrected chi connectivity index (χ2v) is 8.35. The molecule has 1 saturated heterocycles. The summed E-state index contributed by atoms with van der Waals surface area (Å²) in [5.41, 5.74) is 7.50. The van der Waals surface area contributed by atoms with Gasteiger partial charge in [-0.15, -0.1) is 0 Å². The van der Waals surface area contributed by atoms with Crippen LogP contribution in [0.5, 0.6) is 0 Å². The first kappa shape index (κ1) is 19.6. The molecule has 5 nitrogen and oxygen atoms in total. The number of benzene rings is 1. The van der Waals surface area contributed by atoms with E-state index in [9.17, 15) is 5.11 Å². The zero-order valence-corrected chi connectivity index (χ0v) is 18.1. The van der Waals surface area contributed by atoms with E-state index in [1.807, 2.05) is 4.52 Å². The van der Waals surface area contributed by atoms with Crippen LogP contribution in [-0.4, -0.2) is 26.2 Å². The molecule has 3 aromatic rings. The van der Waals surface area contributed by atoms with Crippen molar-refractivity contribution >= 4 is 11.5 Å². The monoisotopic (exact) mass is 412 g/mol. The Bertz CT molecular complexity index is 1200. The maximum Gasteiger partial charge on any atom is 0.165 e. The molecule has 5 rings (SSSR count). The predicted octanol–water partition coefficient (Wildman–Crippen LogP) is 5.87. The molecule has 3 heterocycles. The van der Waals surface area contributed by atoms with E-state index < -0.39 is 0 Å². The molecule has 1 N–H and O–H groups in total. The fourth-order valence-electron chi connectivity index (χ4n) is 4.63. The lowest BCUT2D eigenvalue weighted by molar-refractivity contribution is 0.464. The Morgan fingerprint density at radius 3 is 2.74 bits per heavy atom. The lowest BCUT2D eigenvalue weighted by atomic mass is 9.96. The van der Waals surface area contributed by atoms with Crippen LogP contribution in [0.3, 0.4) is 0 Å². The summed E-state index contributed by atoms with van der Waals surface area (Å²) >= 11 is 0. The van der Waals surface area contributed by atoms with Gasteiger partial charge >= 0.3 is 0 Å². The maximum absolute atomic E-state index is 9.76. The van der Waals surface area contributed by atoms with Gasteiger partial charge < -0.3 is 10.0 Å². The summed E-state index contributed by atoms with van der Waals surface area (Å²) in [4.78, 5) is 7.25. The Balaban J connectivity index is 1.77. The Hall–Kier alpha value is -3.34. The third kappa shape index (κ3) is 3.44. The van der Waals surface area contributed by atoms with Crippen LogP contribution < -0.4 is 4.90 Å².